The largest absolute Gasteiger partial charge is 0.388 e. The number of rotatable bonds is 4. The molecule has 0 aromatic rings. The van der Waals surface area contributed by atoms with Gasteiger partial charge in [0.05, 0.1) is 11.1 Å². The SMILES string of the molecule is CC(C)(O)C(C)(C)NC(=O)C1CCCC1CN. The fourth-order valence-corrected chi connectivity index (χ4v) is 2.22. The van der Waals surface area contributed by atoms with Crippen LogP contribution in [0.2, 0.25) is 0 Å². The third-order valence-electron chi connectivity index (χ3n) is 4.26. The van der Waals surface area contributed by atoms with Gasteiger partial charge in [-0.3, -0.25) is 4.79 Å². The van der Waals surface area contributed by atoms with Crippen LogP contribution in [0.3, 0.4) is 0 Å². The Morgan fingerprint density at radius 2 is 1.94 bits per heavy atom. The van der Waals surface area contributed by atoms with Crippen LogP contribution in [-0.2, 0) is 4.79 Å². The van der Waals surface area contributed by atoms with Crippen molar-refractivity contribution in [1.29, 1.82) is 0 Å². The minimum absolute atomic E-state index is 0.0154. The van der Waals surface area contributed by atoms with Crippen LogP contribution in [0.5, 0.6) is 0 Å². The first-order chi connectivity index (χ1) is 7.69. The number of amides is 1. The molecule has 17 heavy (non-hydrogen) atoms. The zero-order valence-electron chi connectivity index (χ0n) is 11.4. The highest BCUT2D eigenvalue weighted by atomic mass is 16.3. The Bertz CT molecular complexity index is 282. The van der Waals surface area contributed by atoms with Crippen molar-refractivity contribution < 1.29 is 9.90 Å². The van der Waals surface area contributed by atoms with Gasteiger partial charge in [-0.1, -0.05) is 6.42 Å². The number of carbonyl (C=O) groups is 1. The van der Waals surface area contributed by atoms with E-state index in [9.17, 15) is 9.90 Å². The summed E-state index contributed by atoms with van der Waals surface area (Å²) in [6.45, 7) is 7.68. The number of aliphatic hydroxyl groups is 1. The Morgan fingerprint density at radius 3 is 2.41 bits per heavy atom. The van der Waals surface area contributed by atoms with E-state index in [-0.39, 0.29) is 11.8 Å². The van der Waals surface area contributed by atoms with Gasteiger partial charge in [-0.15, -0.1) is 0 Å². The lowest BCUT2D eigenvalue weighted by Crippen LogP contribution is -2.59. The number of nitrogens with one attached hydrogen (secondary N) is 1. The minimum Gasteiger partial charge on any atom is -0.388 e. The lowest BCUT2D eigenvalue weighted by molar-refractivity contribution is -0.131. The maximum Gasteiger partial charge on any atom is 0.223 e. The molecule has 0 saturated heterocycles. The summed E-state index contributed by atoms with van der Waals surface area (Å²) < 4.78 is 0. The summed E-state index contributed by atoms with van der Waals surface area (Å²) in [5.41, 5.74) is 4.10. The van der Waals surface area contributed by atoms with Gasteiger partial charge in [0.2, 0.25) is 5.91 Å². The average molecular weight is 242 g/mol. The van der Waals surface area contributed by atoms with Crippen molar-refractivity contribution in [2.75, 3.05) is 6.54 Å². The molecule has 2 atom stereocenters. The second-order valence-electron chi connectivity index (χ2n) is 6.21. The zero-order chi connectivity index (χ0) is 13.3. The molecule has 100 valence electrons. The van der Waals surface area contributed by atoms with Gasteiger partial charge in [-0.05, 0) is 53.0 Å². The van der Waals surface area contributed by atoms with Gasteiger partial charge >= 0.3 is 0 Å². The van der Waals surface area contributed by atoms with E-state index in [0.717, 1.165) is 19.3 Å². The Balaban J connectivity index is 2.66. The van der Waals surface area contributed by atoms with Gasteiger partial charge < -0.3 is 16.2 Å². The smallest absolute Gasteiger partial charge is 0.223 e. The van der Waals surface area contributed by atoms with Gasteiger partial charge in [-0.2, -0.15) is 0 Å². The van der Waals surface area contributed by atoms with E-state index in [1.54, 1.807) is 13.8 Å². The lowest BCUT2D eigenvalue weighted by atomic mass is 9.84. The molecule has 0 aliphatic heterocycles. The van der Waals surface area contributed by atoms with Gasteiger partial charge in [0.15, 0.2) is 0 Å². The molecule has 1 fully saturated rings. The standard InChI is InChI=1S/C13H26N2O2/c1-12(2,13(3,4)17)15-11(16)10-7-5-6-9(10)8-14/h9-10,17H,5-8,14H2,1-4H3,(H,15,16). The molecule has 4 N–H and O–H groups in total. The highest BCUT2D eigenvalue weighted by molar-refractivity contribution is 5.80. The molecule has 4 heteroatoms. The fraction of sp³-hybridized carbons (Fsp3) is 0.923. The Kier molecular flexibility index (Phi) is 4.20. The zero-order valence-corrected chi connectivity index (χ0v) is 11.4. The number of hydrogen-bond donors (Lipinski definition) is 3. The molecule has 0 radical (unpaired) electrons. The van der Waals surface area contributed by atoms with Gasteiger partial charge in [-0.25, -0.2) is 0 Å². The highest BCUT2D eigenvalue weighted by Gasteiger charge is 2.40. The van der Waals surface area contributed by atoms with Crippen LogP contribution in [0.1, 0.15) is 47.0 Å². The first-order valence-corrected chi connectivity index (χ1v) is 6.43. The molecule has 0 heterocycles. The van der Waals surface area contributed by atoms with Crippen molar-refractivity contribution in [3.8, 4) is 0 Å². The fourth-order valence-electron chi connectivity index (χ4n) is 2.22. The van der Waals surface area contributed by atoms with E-state index in [1.165, 1.54) is 0 Å². The molecular formula is C13H26N2O2. The second-order valence-corrected chi connectivity index (χ2v) is 6.21. The molecule has 1 rings (SSSR count). The van der Waals surface area contributed by atoms with Crippen LogP contribution in [0, 0.1) is 11.8 Å². The predicted octanol–water partition coefficient (Wildman–Crippen LogP) is 1.03. The Hall–Kier alpha value is -0.610. The van der Waals surface area contributed by atoms with Gasteiger partial charge in [0, 0.05) is 5.92 Å². The molecule has 0 aromatic heterocycles. The van der Waals surface area contributed by atoms with E-state index in [4.69, 9.17) is 5.73 Å². The normalized spacial score (nSPS) is 26.0. The maximum absolute atomic E-state index is 12.2. The monoisotopic (exact) mass is 242 g/mol. The first kappa shape index (κ1) is 14.5. The van der Waals surface area contributed by atoms with Crippen molar-refractivity contribution in [3.05, 3.63) is 0 Å². The minimum atomic E-state index is -0.945. The van der Waals surface area contributed by atoms with E-state index in [0.29, 0.717) is 12.5 Å². The van der Waals surface area contributed by atoms with Crippen LogP contribution < -0.4 is 11.1 Å². The maximum atomic E-state index is 12.2. The number of hydrogen-bond acceptors (Lipinski definition) is 3. The lowest BCUT2D eigenvalue weighted by Gasteiger charge is -2.39. The van der Waals surface area contributed by atoms with Crippen LogP contribution >= 0.6 is 0 Å². The molecule has 4 nitrogen and oxygen atoms in total. The summed E-state index contributed by atoms with van der Waals surface area (Å²) in [5.74, 6) is 0.347. The van der Waals surface area contributed by atoms with Crippen molar-refractivity contribution in [1.82, 2.24) is 5.32 Å². The molecule has 2 unspecified atom stereocenters. The Morgan fingerprint density at radius 1 is 1.35 bits per heavy atom. The molecule has 0 aromatic carbocycles. The molecule has 0 spiro atoms. The van der Waals surface area contributed by atoms with Crippen LogP contribution in [0.4, 0.5) is 0 Å². The van der Waals surface area contributed by atoms with Crippen molar-refractivity contribution in [2.24, 2.45) is 17.6 Å². The highest BCUT2D eigenvalue weighted by Crippen LogP contribution is 2.32. The summed E-state index contributed by atoms with van der Waals surface area (Å²) >= 11 is 0. The summed E-state index contributed by atoms with van der Waals surface area (Å²) in [5, 5.41) is 13.0. The van der Waals surface area contributed by atoms with Crippen LogP contribution in [0.15, 0.2) is 0 Å². The van der Waals surface area contributed by atoms with E-state index in [2.05, 4.69) is 5.32 Å². The van der Waals surface area contributed by atoms with Crippen LogP contribution in [-0.4, -0.2) is 28.7 Å². The van der Waals surface area contributed by atoms with Crippen LogP contribution in [0.25, 0.3) is 0 Å². The third kappa shape index (κ3) is 3.19. The van der Waals surface area contributed by atoms with Gasteiger partial charge in [0.1, 0.15) is 0 Å². The summed E-state index contributed by atoms with van der Waals surface area (Å²) in [6.07, 6.45) is 3.02. The molecule has 1 aliphatic carbocycles. The van der Waals surface area contributed by atoms with Crippen molar-refractivity contribution in [2.45, 2.75) is 58.1 Å². The third-order valence-corrected chi connectivity index (χ3v) is 4.26. The number of nitrogens with two attached hydrogens (primary N) is 1. The number of carbonyl (C=O) groups excluding carboxylic acids is 1. The summed E-state index contributed by atoms with van der Waals surface area (Å²) in [6, 6.07) is 0. The van der Waals surface area contributed by atoms with Gasteiger partial charge in [0.25, 0.3) is 0 Å². The second kappa shape index (κ2) is 4.94. The van der Waals surface area contributed by atoms with E-state index in [1.807, 2.05) is 13.8 Å². The molecule has 1 amide bonds. The van der Waals surface area contributed by atoms with E-state index < -0.39 is 11.1 Å². The summed E-state index contributed by atoms with van der Waals surface area (Å²) in [4.78, 5) is 12.2. The first-order valence-electron chi connectivity index (χ1n) is 6.43. The van der Waals surface area contributed by atoms with Crippen molar-refractivity contribution >= 4 is 5.91 Å². The van der Waals surface area contributed by atoms with Crippen molar-refractivity contribution in [3.63, 3.8) is 0 Å². The molecular weight excluding hydrogens is 216 g/mol. The molecule has 1 saturated carbocycles. The summed E-state index contributed by atoms with van der Waals surface area (Å²) in [7, 11) is 0. The quantitative estimate of drug-likeness (QED) is 0.689. The molecule has 1 aliphatic rings. The molecule has 0 bridgehead atoms. The average Bonchev–Trinajstić information content (AvgIpc) is 2.62. The topological polar surface area (TPSA) is 75.3 Å². The van der Waals surface area contributed by atoms with E-state index >= 15 is 0 Å². The Labute approximate surface area is 104 Å². The predicted molar refractivity (Wildman–Crippen MR) is 68.4 cm³/mol.